The van der Waals surface area contributed by atoms with Crippen molar-refractivity contribution in [1.82, 2.24) is 0 Å². The summed E-state index contributed by atoms with van der Waals surface area (Å²) in [4.78, 5) is 24.5. The lowest BCUT2D eigenvalue weighted by Gasteiger charge is -2.20. The predicted octanol–water partition coefficient (Wildman–Crippen LogP) is 3.60. The molecule has 0 aliphatic rings. The molecule has 0 atom stereocenters. The smallest absolute Gasteiger partial charge is 0.341 e. The summed E-state index contributed by atoms with van der Waals surface area (Å²) in [5.74, 6) is -1.59. The van der Waals surface area contributed by atoms with Gasteiger partial charge in [0.15, 0.2) is 18.1 Å². The SMILES string of the molecule is CC(C)COc1cc(NS(N)(=O)=O)cc(CNc2ccc(Cl)cc2C(=O)Nc2ccc(C(=N)N)cc2)c1OCC(=O)O. The van der Waals surface area contributed by atoms with Crippen molar-refractivity contribution in [3.05, 3.63) is 76.3 Å². The third-order valence-corrected chi connectivity index (χ3v) is 6.21. The van der Waals surface area contributed by atoms with Crippen molar-refractivity contribution >= 4 is 56.6 Å². The van der Waals surface area contributed by atoms with Gasteiger partial charge in [-0.1, -0.05) is 25.4 Å². The minimum atomic E-state index is -4.15. The number of anilines is 3. The van der Waals surface area contributed by atoms with Gasteiger partial charge in [0.2, 0.25) is 0 Å². The fourth-order valence-electron chi connectivity index (χ4n) is 3.66. The van der Waals surface area contributed by atoms with Gasteiger partial charge in [-0.15, -0.1) is 0 Å². The maximum absolute atomic E-state index is 13.2. The van der Waals surface area contributed by atoms with Gasteiger partial charge in [0.1, 0.15) is 5.84 Å². The molecule has 0 aliphatic heterocycles. The number of aliphatic carboxylic acids is 1. The van der Waals surface area contributed by atoms with Gasteiger partial charge in [0.25, 0.3) is 16.1 Å². The second-order valence-corrected chi connectivity index (χ2v) is 11.2. The van der Waals surface area contributed by atoms with E-state index in [1.54, 1.807) is 36.4 Å². The largest absolute Gasteiger partial charge is 0.489 e. The highest BCUT2D eigenvalue weighted by Gasteiger charge is 2.19. The van der Waals surface area contributed by atoms with Crippen LogP contribution in [0.2, 0.25) is 5.02 Å². The molecule has 3 rings (SSSR count). The molecule has 0 saturated heterocycles. The highest BCUT2D eigenvalue weighted by Crippen LogP contribution is 2.37. The molecular formula is C27H31ClN6O7S. The molecule has 224 valence electrons. The zero-order valence-electron chi connectivity index (χ0n) is 22.7. The van der Waals surface area contributed by atoms with Crippen LogP contribution in [0.1, 0.15) is 35.3 Å². The van der Waals surface area contributed by atoms with Crippen LogP contribution in [0.4, 0.5) is 17.1 Å². The lowest BCUT2D eigenvalue weighted by Crippen LogP contribution is -2.22. The first-order chi connectivity index (χ1) is 19.7. The third kappa shape index (κ3) is 9.54. The number of rotatable bonds is 14. The normalized spacial score (nSPS) is 11.1. The van der Waals surface area contributed by atoms with E-state index in [4.69, 9.17) is 37.4 Å². The van der Waals surface area contributed by atoms with E-state index in [1.807, 2.05) is 13.8 Å². The van der Waals surface area contributed by atoms with E-state index in [1.165, 1.54) is 18.2 Å². The molecule has 0 saturated carbocycles. The highest BCUT2D eigenvalue weighted by molar-refractivity contribution is 7.90. The number of nitrogens with two attached hydrogens (primary N) is 2. The van der Waals surface area contributed by atoms with E-state index in [-0.39, 0.29) is 47.7 Å². The average molecular weight is 619 g/mol. The van der Waals surface area contributed by atoms with Crippen LogP contribution in [0.15, 0.2) is 54.6 Å². The van der Waals surface area contributed by atoms with Crippen LogP contribution in [0.5, 0.6) is 11.5 Å². The van der Waals surface area contributed by atoms with E-state index in [9.17, 15) is 23.1 Å². The fraction of sp³-hybridized carbons (Fsp3) is 0.222. The Labute approximate surface area is 247 Å². The van der Waals surface area contributed by atoms with E-state index < -0.39 is 28.7 Å². The van der Waals surface area contributed by atoms with Crippen LogP contribution >= 0.6 is 11.6 Å². The number of amides is 1. The Kier molecular flexibility index (Phi) is 10.6. The Bertz CT molecular complexity index is 1580. The Morgan fingerprint density at radius 2 is 1.74 bits per heavy atom. The number of benzene rings is 3. The first-order valence-electron chi connectivity index (χ1n) is 12.5. The Hall–Kier alpha value is -4.53. The number of halogens is 1. The van der Waals surface area contributed by atoms with Crippen molar-refractivity contribution in [3.63, 3.8) is 0 Å². The van der Waals surface area contributed by atoms with Crippen molar-refractivity contribution in [2.75, 3.05) is 28.6 Å². The topological polar surface area (TPSA) is 219 Å². The second kappa shape index (κ2) is 13.9. The molecule has 42 heavy (non-hydrogen) atoms. The molecule has 0 aromatic heterocycles. The number of amidine groups is 1. The second-order valence-electron chi connectivity index (χ2n) is 9.49. The molecule has 13 nitrogen and oxygen atoms in total. The Morgan fingerprint density at radius 3 is 2.33 bits per heavy atom. The molecule has 1 amide bonds. The lowest BCUT2D eigenvalue weighted by atomic mass is 10.1. The minimum absolute atomic E-state index is 0.0532. The molecule has 0 unspecified atom stereocenters. The summed E-state index contributed by atoms with van der Waals surface area (Å²) in [6.07, 6.45) is 0. The third-order valence-electron chi connectivity index (χ3n) is 5.45. The van der Waals surface area contributed by atoms with Gasteiger partial charge < -0.3 is 30.9 Å². The summed E-state index contributed by atoms with van der Waals surface area (Å²) < 4.78 is 37.0. The monoisotopic (exact) mass is 618 g/mol. The van der Waals surface area contributed by atoms with Crippen molar-refractivity contribution in [2.24, 2.45) is 16.8 Å². The van der Waals surface area contributed by atoms with Crippen molar-refractivity contribution < 1.29 is 32.6 Å². The molecule has 3 aromatic carbocycles. The summed E-state index contributed by atoms with van der Waals surface area (Å²) >= 11 is 6.18. The molecule has 3 aromatic rings. The molecule has 0 radical (unpaired) electrons. The van der Waals surface area contributed by atoms with E-state index in [0.717, 1.165) is 0 Å². The van der Waals surface area contributed by atoms with Gasteiger partial charge in [0.05, 0.1) is 17.9 Å². The molecule has 0 spiro atoms. The molecule has 15 heteroatoms. The maximum Gasteiger partial charge on any atom is 0.341 e. The summed E-state index contributed by atoms with van der Waals surface area (Å²) in [6.45, 7) is 3.28. The first-order valence-corrected chi connectivity index (χ1v) is 14.4. The zero-order valence-corrected chi connectivity index (χ0v) is 24.3. The molecule has 0 bridgehead atoms. The lowest BCUT2D eigenvalue weighted by molar-refractivity contribution is -0.139. The Balaban J connectivity index is 1.96. The van der Waals surface area contributed by atoms with Gasteiger partial charge in [-0.05, 0) is 54.4 Å². The van der Waals surface area contributed by atoms with E-state index in [0.29, 0.717) is 27.5 Å². The zero-order chi connectivity index (χ0) is 31.0. The van der Waals surface area contributed by atoms with Gasteiger partial charge >= 0.3 is 5.97 Å². The summed E-state index contributed by atoms with van der Waals surface area (Å²) in [7, 11) is -4.15. The predicted molar refractivity (Wildman–Crippen MR) is 161 cm³/mol. The minimum Gasteiger partial charge on any atom is -0.489 e. The number of ether oxygens (including phenoxy) is 2. The fourth-order valence-corrected chi connectivity index (χ4v) is 4.27. The van der Waals surface area contributed by atoms with Crippen LogP contribution in [0.3, 0.4) is 0 Å². The quantitative estimate of drug-likeness (QED) is 0.103. The average Bonchev–Trinajstić information content (AvgIpc) is 2.89. The van der Waals surface area contributed by atoms with Gasteiger partial charge in [-0.2, -0.15) is 8.42 Å². The Morgan fingerprint density at radius 1 is 1.05 bits per heavy atom. The summed E-state index contributed by atoms with van der Waals surface area (Å²) in [5.41, 5.74) is 7.34. The number of hydrogen-bond acceptors (Lipinski definition) is 8. The standard InChI is InChI=1S/C27H31ClN6O7S/c1-15(2)13-40-23-11-20(34-42(31,38)39)9-17(25(23)41-14-24(35)36)12-32-22-8-5-18(28)10-21(22)27(37)33-19-6-3-16(4-7-19)26(29)30/h3-11,15,32,34H,12-14H2,1-2H3,(H3,29,30)(H,33,37)(H,35,36)(H2,31,38,39). The van der Waals surface area contributed by atoms with Crippen LogP contribution < -0.4 is 35.7 Å². The number of nitrogen functional groups attached to an aromatic ring is 1. The molecular weight excluding hydrogens is 588 g/mol. The van der Waals surface area contributed by atoms with Crippen LogP contribution in [-0.2, 0) is 21.5 Å². The van der Waals surface area contributed by atoms with Crippen LogP contribution in [0, 0.1) is 11.3 Å². The molecule has 0 heterocycles. The maximum atomic E-state index is 13.2. The van der Waals surface area contributed by atoms with Crippen molar-refractivity contribution in [1.29, 1.82) is 5.41 Å². The van der Waals surface area contributed by atoms with Crippen LogP contribution in [-0.4, -0.2) is 44.5 Å². The molecule has 9 N–H and O–H groups in total. The number of carbonyl (C=O) groups excluding carboxylic acids is 1. The van der Waals surface area contributed by atoms with Crippen molar-refractivity contribution in [2.45, 2.75) is 20.4 Å². The number of hydrogen-bond donors (Lipinski definition) is 7. The number of carboxylic acids is 1. The van der Waals surface area contributed by atoms with Gasteiger partial charge in [0, 0.05) is 40.1 Å². The molecule has 0 fully saturated rings. The van der Waals surface area contributed by atoms with E-state index in [2.05, 4.69) is 15.4 Å². The van der Waals surface area contributed by atoms with E-state index >= 15 is 0 Å². The van der Waals surface area contributed by atoms with Crippen molar-refractivity contribution in [3.8, 4) is 11.5 Å². The number of nitrogens with one attached hydrogen (secondary N) is 4. The summed E-state index contributed by atoms with van der Waals surface area (Å²) in [5, 5.41) is 28.0. The first kappa shape index (κ1) is 32.0. The molecule has 0 aliphatic carbocycles. The number of carbonyl (C=O) groups is 2. The van der Waals surface area contributed by atoms with Crippen LogP contribution in [0.25, 0.3) is 0 Å². The van der Waals surface area contributed by atoms with Gasteiger partial charge in [-0.25, -0.2) is 9.93 Å². The highest BCUT2D eigenvalue weighted by atomic mass is 35.5. The number of carboxylic acid groups (broad SMARTS) is 1. The summed E-state index contributed by atoms with van der Waals surface area (Å²) in [6, 6.07) is 13.7. The van der Waals surface area contributed by atoms with Gasteiger partial charge in [-0.3, -0.25) is 14.9 Å².